The molecule has 3 aromatic rings. The van der Waals surface area contributed by atoms with Gasteiger partial charge in [0.25, 0.3) is 0 Å². The number of hydrogen-bond donors (Lipinski definition) is 1. The van der Waals surface area contributed by atoms with Crippen LogP contribution in [0.25, 0.3) is 10.9 Å². The van der Waals surface area contributed by atoms with Gasteiger partial charge in [0, 0.05) is 33.4 Å². The zero-order chi connectivity index (χ0) is 18.0. The fourth-order valence-corrected chi connectivity index (χ4v) is 2.97. The highest BCUT2D eigenvalue weighted by molar-refractivity contribution is 6.01. The molecule has 0 aliphatic heterocycles. The van der Waals surface area contributed by atoms with Crippen LogP contribution in [0.4, 0.5) is 5.69 Å². The molecule has 1 aromatic heterocycles. The van der Waals surface area contributed by atoms with E-state index < -0.39 is 0 Å². The minimum Gasteiger partial charge on any atom is -0.335 e. The Kier molecular flexibility index (Phi) is 4.48. The van der Waals surface area contributed by atoms with Crippen LogP contribution in [0.1, 0.15) is 33.3 Å². The van der Waals surface area contributed by atoms with E-state index in [0.29, 0.717) is 16.8 Å². The molecule has 0 saturated carbocycles. The summed E-state index contributed by atoms with van der Waals surface area (Å²) in [5, 5.41) is 3.64. The molecule has 0 unspecified atom stereocenters. The second-order valence-corrected chi connectivity index (χ2v) is 5.91. The van der Waals surface area contributed by atoms with E-state index in [2.05, 4.69) is 5.32 Å². The van der Waals surface area contributed by atoms with Gasteiger partial charge in [-0.15, -0.1) is 0 Å². The van der Waals surface area contributed by atoms with Gasteiger partial charge < -0.3 is 9.88 Å². The van der Waals surface area contributed by atoms with Gasteiger partial charge >= 0.3 is 0 Å². The van der Waals surface area contributed by atoms with Crippen LogP contribution >= 0.6 is 0 Å². The topological polar surface area (TPSA) is 68.2 Å². The van der Waals surface area contributed by atoms with Crippen molar-refractivity contribution in [3.8, 4) is 0 Å². The van der Waals surface area contributed by atoms with E-state index in [9.17, 15) is 14.4 Å². The van der Waals surface area contributed by atoms with Crippen LogP contribution in [0.3, 0.4) is 0 Å². The Labute approximate surface area is 145 Å². The number of rotatable bonds is 5. The van der Waals surface area contributed by atoms with Gasteiger partial charge in [-0.25, -0.2) is 0 Å². The van der Waals surface area contributed by atoms with Crippen LogP contribution in [-0.4, -0.2) is 22.5 Å². The minimum absolute atomic E-state index is 0.0565. The molecule has 0 spiro atoms. The quantitative estimate of drug-likeness (QED) is 0.572. The summed E-state index contributed by atoms with van der Waals surface area (Å²) in [4.78, 5) is 35.3. The summed E-state index contributed by atoms with van der Waals surface area (Å²) < 4.78 is 1.82. The van der Waals surface area contributed by atoms with Crippen molar-refractivity contribution in [3.05, 3.63) is 65.4 Å². The average Bonchev–Trinajstić information content (AvgIpc) is 2.86. The number of anilines is 1. The van der Waals surface area contributed by atoms with Crippen LogP contribution < -0.4 is 5.32 Å². The maximum atomic E-state index is 12.5. The summed E-state index contributed by atoms with van der Waals surface area (Å²) in [5.41, 5.74) is 3.31. The van der Waals surface area contributed by atoms with Crippen molar-refractivity contribution in [1.82, 2.24) is 4.57 Å². The summed E-state index contributed by atoms with van der Waals surface area (Å²) >= 11 is 0. The van der Waals surface area contributed by atoms with Crippen LogP contribution in [0.5, 0.6) is 0 Å². The van der Waals surface area contributed by atoms with Gasteiger partial charge in [-0.2, -0.15) is 0 Å². The molecule has 25 heavy (non-hydrogen) atoms. The number of aldehydes is 1. The van der Waals surface area contributed by atoms with E-state index in [1.54, 1.807) is 24.3 Å². The van der Waals surface area contributed by atoms with Crippen molar-refractivity contribution in [3.63, 3.8) is 0 Å². The Bertz CT molecular complexity index is 986. The molecule has 126 valence electrons. The van der Waals surface area contributed by atoms with E-state index in [-0.39, 0.29) is 18.2 Å². The lowest BCUT2D eigenvalue weighted by molar-refractivity contribution is -0.116. The van der Waals surface area contributed by atoms with E-state index >= 15 is 0 Å². The minimum atomic E-state index is -0.220. The van der Waals surface area contributed by atoms with Gasteiger partial charge in [0.2, 0.25) is 5.91 Å². The number of benzene rings is 2. The summed E-state index contributed by atoms with van der Waals surface area (Å²) in [6, 6.07) is 14.3. The first kappa shape index (κ1) is 16.6. The van der Waals surface area contributed by atoms with Gasteiger partial charge in [0.05, 0.1) is 0 Å². The summed E-state index contributed by atoms with van der Waals surface area (Å²) in [7, 11) is 0. The molecule has 0 aliphatic rings. The Hall–Kier alpha value is -3.21. The van der Waals surface area contributed by atoms with Crippen LogP contribution in [0.15, 0.2) is 48.5 Å². The number of amides is 1. The molecule has 0 fully saturated rings. The lowest BCUT2D eigenvalue weighted by Crippen LogP contribution is -2.19. The van der Waals surface area contributed by atoms with Gasteiger partial charge in [0.15, 0.2) is 12.1 Å². The molecular formula is C20H18N2O3. The van der Waals surface area contributed by atoms with Crippen molar-refractivity contribution in [2.24, 2.45) is 0 Å². The molecule has 0 radical (unpaired) electrons. The number of fused-ring (bicyclic) bond motifs is 1. The van der Waals surface area contributed by atoms with Crippen molar-refractivity contribution in [1.29, 1.82) is 0 Å². The van der Waals surface area contributed by atoms with Gasteiger partial charge in [-0.05, 0) is 32.0 Å². The fourth-order valence-electron chi connectivity index (χ4n) is 2.97. The maximum Gasteiger partial charge on any atom is 0.244 e. The predicted octanol–water partition coefficient (Wildman–Crippen LogP) is 3.60. The lowest BCUT2D eigenvalue weighted by atomic mass is 10.1. The molecule has 0 bridgehead atoms. The fraction of sp³-hybridized carbons (Fsp3) is 0.150. The van der Waals surface area contributed by atoms with Gasteiger partial charge in [-0.1, -0.05) is 30.3 Å². The molecule has 1 N–H and O–H groups in total. The molecule has 2 aromatic carbocycles. The van der Waals surface area contributed by atoms with E-state index in [0.717, 1.165) is 22.9 Å². The third-order valence-electron chi connectivity index (χ3n) is 4.25. The van der Waals surface area contributed by atoms with Crippen molar-refractivity contribution >= 4 is 34.6 Å². The summed E-state index contributed by atoms with van der Waals surface area (Å²) in [6.07, 6.45) is 0.822. The first-order chi connectivity index (χ1) is 12.0. The molecule has 5 heteroatoms. The average molecular weight is 334 g/mol. The smallest absolute Gasteiger partial charge is 0.244 e. The molecular weight excluding hydrogens is 316 g/mol. The Balaban J connectivity index is 1.88. The first-order valence-electron chi connectivity index (χ1n) is 7.95. The number of carbonyl (C=O) groups is 3. The number of Topliss-reactive ketones (excluding diaryl/α,β-unsaturated/α-hetero) is 1. The number of para-hydroxylation sites is 1. The normalized spacial score (nSPS) is 10.6. The highest BCUT2D eigenvalue weighted by Gasteiger charge is 2.15. The number of ketones is 1. The predicted molar refractivity (Wildman–Crippen MR) is 97.1 cm³/mol. The van der Waals surface area contributed by atoms with Crippen molar-refractivity contribution in [2.45, 2.75) is 20.4 Å². The number of hydrogen-bond acceptors (Lipinski definition) is 3. The molecule has 0 atom stereocenters. The Morgan fingerprint density at radius 3 is 2.60 bits per heavy atom. The van der Waals surface area contributed by atoms with E-state index in [1.807, 2.05) is 35.8 Å². The molecule has 1 heterocycles. The maximum absolute atomic E-state index is 12.5. The van der Waals surface area contributed by atoms with Crippen LogP contribution in [0.2, 0.25) is 0 Å². The molecule has 0 saturated heterocycles. The molecule has 5 nitrogen and oxygen atoms in total. The number of nitrogens with zero attached hydrogens (tertiary/aromatic N) is 1. The number of aromatic nitrogens is 1. The summed E-state index contributed by atoms with van der Waals surface area (Å²) in [5.74, 6) is -0.277. The highest BCUT2D eigenvalue weighted by atomic mass is 16.2. The number of nitrogens with one attached hydrogen (secondary N) is 1. The zero-order valence-electron chi connectivity index (χ0n) is 14.1. The second-order valence-electron chi connectivity index (χ2n) is 5.91. The molecule has 0 aliphatic carbocycles. The van der Waals surface area contributed by atoms with E-state index in [1.165, 1.54) is 6.92 Å². The largest absolute Gasteiger partial charge is 0.335 e. The van der Waals surface area contributed by atoms with Gasteiger partial charge in [-0.3, -0.25) is 14.4 Å². The highest BCUT2D eigenvalue weighted by Crippen LogP contribution is 2.24. The third kappa shape index (κ3) is 3.21. The van der Waals surface area contributed by atoms with E-state index in [4.69, 9.17) is 0 Å². The van der Waals surface area contributed by atoms with Crippen LogP contribution in [-0.2, 0) is 11.3 Å². The zero-order valence-corrected chi connectivity index (χ0v) is 14.1. The van der Waals surface area contributed by atoms with Gasteiger partial charge in [0.1, 0.15) is 6.54 Å². The third-order valence-corrected chi connectivity index (χ3v) is 4.25. The Morgan fingerprint density at radius 2 is 1.88 bits per heavy atom. The number of carbonyl (C=O) groups excluding carboxylic acids is 3. The van der Waals surface area contributed by atoms with Crippen LogP contribution in [0, 0.1) is 6.92 Å². The summed E-state index contributed by atoms with van der Waals surface area (Å²) in [6.45, 7) is 3.40. The lowest BCUT2D eigenvalue weighted by Gasteiger charge is -2.10. The standard InChI is InChI=1S/C20H18N2O3/c1-13-18(12-23)17-8-3-4-9-19(17)22(13)11-20(25)21-16-7-5-6-15(10-16)14(2)24/h3-10,12H,11H2,1-2H3,(H,21,25). The van der Waals surface area contributed by atoms with Crippen molar-refractivity contribution in [2.75, 3.05) is 5.32 Å². The molecule has 1 amide bonds. The first-order valence-corrected chi connectivity index (χ1v) is 7.95. The monoisotopic (exact) mass is 334 g/mol. The Morgan fingerprint density at radius 1 is 1.12 bits per heavy atom. The van der Waals surface area contributed by atoms with Crippen molar-refractivity contribution < 1.29 is 14.4 Å². The second kappa shape index (κ2) is 6.73. The SMILES string of the molecule is CC(=O)c1cccc(NC(=O)Cn2c(C)c(C=O)c3ccccc32)c1. The molecule has 3 rings (SSSR count).